The summed E-state index contributed by atoms with van der Waals surface area (Å²) in [6.45, 7) is 2.03. The van der Waals surface area contributed by atoms with E-state index in [1.165, 1.54) is 5.56 Å². The summed E-state index contributed by atoms with van der Waals surface area (Å²) < 4.78 is 2.10. The molecule has 0 bridgehead atoms. The average Bonchev–Trinajstić information content (AvgIpc) is 1.80. The molecule has 1 aromatic rings. The van der Waals surface area contributed by atoms with Gasteiger partial charge in [-0.1, -0.05) is 31.9 Å². The second kappa shape index (κ2) is 2.84. The van der Waals surface area contributed by atoms with Crippen molar-refractivity contribution >= 4 is 31.9 Å². The van der Waals surface area contributed by atoms with E-state index in [9.17, 15) is 0 Å². The number of benzene rings is 1. The van der Waals surface area contributed by atoms with Crippen molar-refractivity contribution in [3.05, 3.63) is 32.7 Å². The first-order valence-corrected chi connectivity index (χ1v) is 4.12. The third-order valence-electron chi connectivity index (χ3n) is 1.06. The summed E-state index contributed by atoms with van der Waals surface area (Å²) in [5, 5.41) is 0. The van der Waals surface area contributed by atoms with Gasteiger partial charge in [0.1, 0.15) is 0 Å². The minimum atomic E-state index is 0.986. The average molecular weight is 249 g/mol. The highest BCUT2D eigenvalue weighted by molar-refractivity contribution is 9.11. The van der Waals surface area contributed by atoms with E-state index >= 15 is 0 Å². The highest BCUT2D eigenvalue weighted by atomic mass is 79.9. The van der Waals surface area contributed by atoms with Crippen molar-refractivity contribution in [2.24, 2.45) is 0 Å². The SMILES string of the molecule is Cc1c[c]c(Br)cc1Br. The van der Waals surface area contributed by atoms with Crippen LogP contribution in [0.3, 0.4) is 0 Å². The predicted molar refractivity (Wildman–Crippen MR) is 45.4 cm³/mol. The van der Waals surface area contributed by atoms with Crippen molar-refractivity contribution in [1.82, 2.24) is 0 Å². The van der Waals surface area contributed by atoms with Crippen molar-refractivity contribution in [3.63, 3.8) is 0 Å². The Kier molecular flexibility index (Phi) is 2.30. The quantitative estimate of drug-likeness (QED) is 0.661. The largest absolute Gasteiger partial charge is 0.0505 e. The van der Waals surface area contributed by atoms with Crippen molar-refractivity contribution in [2.45, 2.75) is 6.92 Å². The Morgan fingerprint density at radius 3 is 2.56 bits per heavy atom. The molecule has 2 heteroatoms. The monoisotopic (exact) mass is 247 g/mol. The van der Waals surface area contributed by atoms with Crippen LogP contribution >= 0.6 is 31.9 Å². The minimum absolute atomic E-state index is 0.986. The first-order chi connectivity index (χ1) is 4.20. The van der Waals surface area contributed by atoms with Crippen molar-refractivity contribution < 1.29 is 0 Å². The van der Waals surface area contributed by atoms with E-state index < -0.39 is 0 Å². The van der Waals surface area contributed by atoms with Gasteiger partial charge in [0, 0.05) is 8.95 Å². The molecule has 1 aromatic carbocycles. The maximum absolute atomic E-state index is 3.40. The molecule has 1 rings (SSSR count). The molecule has 0 nitrogen and oxygen atoms in total. The van der Waals surface area contributed by atoms with Crippen LogP contribution in [0, 0.1) is 13.0 Å². The zero-order valence-electron chi connectivity index (χ0n) is 4.91. The summed E-state index contributed by atoms with van der Waals surface area (Å²) in [6.07, 6.45) is 0. The Bertz CT molecular complexity index is 218. The minimum Gasteiger partial charge on any atom is -0.0505 e. The van der Waals surface area contributed by atoms with Crippen molar-refractivity contribution in [2.75, 3.05) is 0 Å². The zero-order chi connectivity index (χ0) is 6.85. The van der Waals surface area contributed by atoms with Crippen LogP contribution in [-0.2, 0) is 0 Å². The molecule has 1 radical (unpaired) electrons. The van der Waals surface area contributed by atoms with Crippen LogP contribution in [0.15, 0.2) is 21.1 Å². The number of rotatable bonds is 0. The first kappa shape index (κ1) is 7.29. The summed E-state index contributed by atoms with van der Waals surface area (Å²) in [5.41, 5.74) is 1.21. The van der Waals surface area contributed by atoms with Gasteiger partial charge < -0.3 is 0 Å². The molecular weight excluding hydrogens is 244 g/mol. The maximum Gasteiger partial charge on any atom is 0.0265 e. The highest BCUT2D eigenvalue weighted by Gasteiger charge is 1.92. The Hall–Kier alpha value is 0.180. The smallest absolute Gasteiger partial charge is 0.0265 e. The molecule has 0 atom stereocenters. The molecule has 0 fully saturated rings. The Morgan fingerprint density at radius 1 is 1.44 bits per heavy atom. The summed E-state index contributed by atoms with van der Waals surface area (Å²) in [7, 11) is 0. The van der Waals surface area contributed by atoms with Crippen LogP contribution in [0.25, 0.3) is 0 Å². The van der Waals surface area contributed by atoms with Crippen molar-refractivity contribution in [1.29, 1.82) is 0 Å². The van der Waals surface area contributed by atoms with Gasteiger partial charge in [0.05, 0.1) is 0 Å². The molecule has 0 N–H and O–H groups in total. The number of hydrogen-bond donors (Lipinski definition) is 0. The van der Waals surface area contributed by atoms with Gasteiger partial charge in [-0.2, -0.15) is 0 Å². The Labute approximate surface area is 71.5 Å². The summed E-state index contributed by atoms with van der Waals surface area (Å²) >= 11 is 6.71. The van der Waals surface area contributed by atoms with E-state index in [0.29, 0.717) is 0 Å². The van der Waals surface area contributed by atoms with Gasteiger partial charge in [0.15, 0.2) is 0 Å². The molecular formula is C7H5Br2. The van der Waals surface area contributed by atoms with E-state index in [2.05, 4.69) is 37.9 Å². The van der Waals surface area contributed by atoms with E-state index in [1.807, 2.05) is 19.1 Å². The van der Waals surface area contributed by atoms with Crippen molar-refractivity contribution in [3.8, 4) is 0 Å². The first-order valence-electron chi connectivity index (χ1n) is 2.53. The fourth-order valence-electron chi connectivity index (χ4n) is 0.513. The predicted octanol–water partition coefficient (Wildman–Crippen LogP) is 3.32. The van der Waals surface area contributed by atoms with Gasteiger partial charge >= 0.3 is 0 Å². The fourth-order valence-corrected chi connectivity index (χ4v) is 1.51. The fraction of sp³-hybridized carbons (Fsp3) is 0.143. The van der Waals surface area contributed by atoms with Gasteiger partial charge in [-0.15, -0.1) is 0 Å². The summed E-state index contributed by atoms with van der Waals surface area (Å²) in [5.74, 6) is 0. The summed E-state index contributed by atoms with van der Waals surface area (Å²) in [4.78, 5) is 0. The zero-order valence-corrected chi connectivity index (χ0v) is 8.08. The van der Waals surface area contributed by atoms with Crippen LogP contribution in [-0.4, -0.2) is 0 Å². The van der Waals surface area contributed by atoms with E-state index in [0.717, 1.165) is 8.95 Å². The lowest BCUT2D eigenvalue weighted by atomic mass is 10.2. The second-order valence-corrected chi connectivity index (χ2v) is 3.52. The van der Waals surface area contributed by atoms with Gasteiger partial charge in [0.25, 0.3) is 0 Å². The van der Waals surface area contributed by atoms with Gasteiger partial charge in [-0.25, -0.2) is 0 Å². The molecule has 0 unspecified atom stereocenters. The Morgan fingerprint density at radius 2 is 2.11 bits per heavy atom. The van der Waals surface area contributed by atoms with Crippen LogP contribution in [0.1, 0.15) is 5.56 Å². The molecule has 0 saturated heterocycles. The number of halogens is 2. The number of hydrogen-bond acceptors (Lipinski definition) is 0. The van der Waals surface area contributed by atoms with Gasteiger partial charge in [-0.3, -0.25) is 0 Å². The van der Waals surface area contributed by atoms with Crippen LogP contribution < -0.4 is 0 Å². The topological polar surface area (TPSA) is 0 Å². The molecule has 0 spiro atoms. The van der Waals surface area contributed by atoms with Crippen LogP contribution in [0.4, 0.5) is 0 Å². The van der Waals surface area contributed by atoms with Crippen LogP contribution in [0.5, 0.6) is 0 Å². The summed E-state index contributed by atoms with van der Waals surface area (Å²) in [6, 6.07) is 6.95. The van der Waals surface area contributed by atoms with E-state index in [4.69, 9.17) is 0 Å². The molecule has 0 aliphatic carbocycles. The van der Waals surface area contributed by atoms with Gasteiger partial charge in [0.2, 0.25) is 0 Å². The standard InChI is InChI=1S/C7H5Br2/c1-5-2-3-6(8)4-7(5)9/h2,4H,1H3. The third-order valence-corrected chi connectivity index (χ3v) is 2.37. The molecule has 0 amide bonds. The molecule has 9 heavy (non-hydrogen) atoms. The second-order valence-electron chi connectivity index (χ2n) is 1.81. The Balaban J connectivity index is 3.17. The molecule has 0 aliphatic rings. The lowest BCUT2D eigenvalue weighted by Gasteiger charge is -1.94. The molecule has 47 valence electrons. The molecule has 0 heterocycles. The third kappa shape index (κ3) is 1.80. The molecule has 0 aliphatic heterocycles. The van der Waals surface area contributed by atoms with Gasteiger partial charge in [-0.05, 0) is 30.7 Å². The van der Waals surface area contributed by atoms with Crippen LogP contribution in [0.2, 0.25) is 0 Å². The molecule has 0 saturated carbocycles. The maximum atomic E-state index is 3.40. The normalized spacial score (nSPS) is 9.67. The highest BCUT2D eigenvalue weighted by Crippen LogP contribution is 2.19. The lowest BCUT2D eigenvalue weighted by Crippen LogP contribution is -1.73. The molecule has 0 aromatic heterocycles. The van der Waals surface area contributed by atoms with E-state index in [-0.39, 0.29) is 0 Å². The number of aryl methyl sites for hydroxylation is 1. The van der Waals surface area contributed by atoms with E-state index in [1.54, 1.807) is 0 Å². The lowest BCUT2D eigenvalue weighted by molar-refractivity contribution is 1.41.